The lowest BCUT2D eigenvalue weighted by Crippen LogP contribution is -2.28. The van der Waals surface area contributed by atoms with Gasteiger partial charge in [0.25, 0.3) is 5.91 Å². The second-order valence-electron chi connectivity index (χ2n) is 4.10. The highest BCUT2D eigenvalue weighted by Crippen LogP contribution is 2.01. The van der Waals surface area contributed by atoms with Crippen LogP contribution in [0, 0.1) is 11.8 Å². The lowest BCUT2D eigenvalue weighted by atomic mass is 10.2. The molecular formula is C14H18N2O3. The highest BCUT2D eigenvalue weighted by Gasteiger charge is 2.05. The van der Waals surface area contributed by atoms with Gasteiger partial charge in [-0.25, -0.2) is 0 Å². The Kier molecular flexibility index (Phi) is 6.58. The molecule has 0 atom stereocenters. The Balaban J connectivity index is 2.52. The number of carbonyl (C=O) groups excluding carboxylic acids is 1. The summed E-state index contributed by atoms with van der Waals surface area (Å²) in [5.41, 5.74) is 1.04. The van der Waals surface area contributed by atoms with Crippen LogP contribution >= 0.6 is 0 Å². The van der Waals surface area contributed by atoms with Gasteiger partial charge in [-0.3, -0.25) is 9.78 Å². The van der Waals surface area contributed by atoms with E-state index in [1.165, 1.54) is 6.20 Å². The van der Waals surface area contributed by atoms with Crippen LogP contribution in [0.2, 0.25) is 0 Å². The minimum absolute atomic E-state index is 0.149. The summed E-state index contributed by atoms with van der Waals surface area (Å²) >= 11 is 0. The van der Waals surface area contributed by atoms with E-state index in [-0.39, 0.29) is 18.6 Å². The van der Waals surface area contributed by atoms with Crippen molar-refractivity contribution in [1.82, 2.24) is 10.3 Å². The van der Waals surface area contributed by atoms with Crippen LogP contribution in [-0.4, -0.2) is 41.9 Å². The molecule has 5 heteroatoms. The average molecular weight is 262 g/mol. The molecule has 0 fully saturated rings. The van der Waals surface area contributed by atoms with Gasteiger partial charge in [0.2, 0.25) is 0 Å². The van der Waals surface area contributed by atoms with Crippen molar-refractivity contribution in [3.8, 4) is 11.8 Å². The zero-order chi connectivity index (χ0) is 14.1. The maximum Gasteiger partial charge on any atom is 0.252 e. The minimum Gasteiger partial charge on any atom is -0.384 e. The summed E-state index contributed by atoms with van der Waals surface area (Å²) < 4.78 is 5.32. The van der Waals surface area contributed by atoms with Crippen molar-refractivity contribution in [2.45, 2.75) is 20.0 Å². The number of nitrogens with zero attached hydrogens (tertiary/aromatic N) is 1. The number of aliphatic hydroxyl groups excluding tert-OH is 1. The molecule has 0 aliphatic heterocycles. The van der Waals surface area contributed by atoms with Crippen molar-refractivity contribution in [3.63, 3.8) is 0 Å². The molecule has 2 N–H and O–H groups in total. The zero-order valence-electron chi connectivity index (χ0n) is 11.1. The van der Waals surface area contributed by atoms with Gasteiger partial charge in [0.15, 0.2) is 0 Å². The number of nitrogens with one attached hydrogen (secondary N) is 1. The lowest BCUT2D eigenvalue weighted by Gasteiger charge is -2.08. The fourth-order valence-corrected chi connectivity index (χ4v) is 1.34. The van der Waals surface area contributed by atoms with Gasteiger partial charge in [0.1, 0.15) is 6.61 Å². The summed E-state index contributed by atoms with van der Waals surface area (Å²) in [6, 6.07) is 1.63. The van der Waals surface area contributed by atoms with E-state index in [2.05, 4.69) is 22.1 Å². The van der Waals surface area contributed by atoms with E-state index in [4.69, 9.17) is 9.84 Å². The molecule has 0 unspecified atom stereocenters. The molecule has 0 saturated heterocycles. The smallest absolute Gasteiger partial charge is 0.252 e. The van der Waals surface area contributed by atoms with Crippen molar-refractivity contribution < 1.29 is 14.6 Å². The highest BCUT2D eigenvalue weighted by molar-refractivity contribution is 5.94. The number of pyridine rings is 1. The number of ether oxygens (including phenoxy) is 1. The predicted molar refractivity (Wildman–Crippen MR) is 71.6 cm³/mol. The number of rotatable bonds is 5. The van der Waals surface area contributed by atoms with Crippen molar-refractivity contribution >= 4 is 5.91 Å². The van der Waals surface area contributed by atoms with Gasteiger partial charge in [0.05, 0.1) is 18.3 Å². The van der Waals surface area contributed by atoms with Crippen molar-refractivity contribution in [2.75, 3.05) is 19.8 Å². The van der Waals surface area contributed by atoms with E-state index in [0.29, 0.717) is 24.3 Å². The normalized spacial score (nSPS) is 9.89. The average Bonchev–Trinajstić information content (AvgIpc) is 2.41. The molecule has 0 aliphatic carbocycles. The third-order valence-electron chi connectivity index (χ3n) is 2.15. The molecule has 1 aromatic heterocycles. The quantitative estimate of drug-likeness (QED) is 0.601. The Bertz CT molecular complexity index is 475. The van der Waals surface area contributed by atoms with E-state index in [0.717, 1.165) is 0 Å². The van der Waals surface area contributed by atoms with Crippen LogP contribution in [0.1, 0.15) is 29.8 Å². The first kappa shape index (κ1) is 15.2. The zero-order valence-corrected chi connectivity index (χ0v) is 11.1. The number of amides is 1. The molecule has 0 saturated carbocycles. The maximum atomic E-state index is 11.8. The fraction of sp³-hybridized carbons (Fsp3) is 0.429. The Hall–Kier alpha value is -1.90. The molecule has 102 valence electrons. The molecule has 1 rings (SSSR count). The molecule has 1 amide bonds. The molecule has 0 bridgehead atoms. The molecule has 0 spiro atoms. The van der Waals surface area contributed by atoms with Crippen molar-refractivity contribution in [3.05, 3.63) is 29.6 Å². The van der Waals surface area contributed by atoms with Gasteiger partial charge >= 0.3 is 0 Å². The number of carbonyl (C=O) groups is 1. The first-order chi connectivity index (χ1) is 9.13. The summed E-state index contributed by atoms with van der Waals surface area (Å²) in [6.45, 7) is 4.58. The minimum atomic E-state index is -0.219. The third kappa shape index (κ3) is 6.00. The van der Waals surface area contributed by atoms with Crippen LogP contribution in [0.4, 0.5) is 0 Å². The standard InChI is InChI=1S/C14H18N2O3/c1-11(2)19-7-5-16-14(18)13-8-12(4-3-6-17)9-15-10-13/h8-11,17H,5-7H2,1-2H3,(H,16,18). The topological polar surface area (TPSA) is 71.5 Å². The number of hydrogen-bond acceptors (Lipinski definition) is 4. The van der Waals surface area contributed by atoms with Gasteiger partial charge in [-0.2, -0.15) is 0 Å². The van der Waals surface area contributed by atoms with Crippen LogP contribution in [0.25, 0.3) is 0 Å². The molecule has 0 aromatic carbocycles. The van der Waals surface area contributed by atoms with Gasteiger partial charge < -0.3 is 15.2 Å². The van der Waals surface area contributed by atoms with Gasteiger partial charge in [-0.1, -0.05) is 11.8 Å². The van der Waals surface area contributed by atoms with E-state index in [9.17, 15) is 4.79 Å². The van der Waals surface area contributed by atoms with Crippen LogP contribution in [0.15, 0.2) is 18.5 Å². The maximum absolute atomic E-state index is 11.8. The second-order valence-corrected chi connectivity index (χ2v) is 4.10. The van der Waals surface area contributed by atoms with Crippen LogP contribution < -0.4 is 5.32 Å². The molecule has 0 radical (unpaired) electrons. The number of aromatic nitrogens is 1. The SMILES string of the molecule is CC(C)OCCNC(=O)c1cncc(C#CCO)c1. The Morgan fingerprint density at radius 2 is 2.32 bits per heavy atom. The molecule has 19 heavy (non-hydrogen) atoms. The second kappa shape index (κ2) is 8.25. The Morgan fingerprint density at radius 1 is 1.53 bits per heavy atom. The van der Waals surface area contributed by atoms with E-state index >= 15 is 0 Å². The third-order valence-corrected chi connectivity index (χ3v) is 2.15. The summed E-state index contributed by atoms with van der Waals surface area (Å²) in [5.74, 6) is 5.00. The van der Waals surface area contributed by atoms with E-state index in [1.807, 2.05) is 13.8 Å². The van der Waals surface area contributed by atoms with E-state index < -0.39 is 0 Å². The molecule has 1 aromatic rings. The van der Waals surface area contributed by atoms with E-state index in [1.54, 1.807) is 12.3 Å². The molecule has 5 nitrogen and oxygen atoms in total. The highest BCUT2D eigenvalue weighted by atomic mass is 16.5. The van der Waals surface area contributed by atoms with Crippen molar-refractivity contribution in [1.29, 1.82) is 0 Å². The first-order valence-electron chi connectivity index (χ1n) is 6.08. The monoisotopic (exact) mass is 262 g/mol. The largest absolute Gasteiger partial charge is 0.384 e. The van der Waals surface area contributed by atoms with Crippen LogP contribution in [0.3, 0.4) is 0 Å². The summed E-state index contributed by atoms with van der Waals surface area (Å²) in [4.78, 5) is 15.8. The fourth-order valence-electron chi connectivity index (χ4n) is 1.34. The van der Waals surface area contributed by atoms with Crippen LogP contribution in [-0.2, 0) is 4.74 Å². The van der Waals surface area contributed by atoms with Gasteiger partial charge in [-0.15, -0.1) is 0 Å². The van der Waals surface area contributed by atoms with Gasteiger partial charge in [-0.05, 0) is 19.9 Å². The molecule has 1 heterocycles. The predicted octanol–water partition coefficient (Wildman–Crippen LogP) is 0.580. The number of hydrogen-bond donors (Lipinski definition) is 2. The summed E-state index contributed by atoms with van der Waals surface area (Å²) in [7, 11) is 0. The Labute approximate surface area is 113 Å². The molecular weight excluding hydrogens is 244 g/mol. The van der Waals surface area contributed by atoms with Crippen LogP contribution in [0.5, 0.6) is 0 Å². The lowest BCUT2D eigenvalue weighted by molar-refractivity contribution is 0.0746. The Morgan fingerprint density at radius 3 is 3.00 bits per heavy atom. The van der Waals surface area contributed by atoms with Crippen molar-refractivity contribution in [2.24, 2.45) is 0 Å². The number of aliphatic hydroxyl groups is 1. The van der Waals surface area contributed by atoms with Gasteiger partial charge in [0, 0.05) is 24.5 Å². The summed E-state index contributed by atoms with van der Waals surface area (Å²) in [6.07, 6.45) is 3.17. The summed E-state index contributed by atoms with van der Waals surface area (Å²) in [5, 5.41) is 11.3. The first-order valence-corrected chi connectivity index (χ1v) is 6.08. The molecule has 0 aliphatic rings.